The summed E-state index contributed by atoms with van der Waals surface area (Å²) in [6, 6.07) is 7.02. The molecule has 0 aromatic heterocycles. The normalized spacial score (nSPS) is 23.0. The summed E-state index contributed by atoms with van der Waals surface area (Å²) in [6.07, 6.45) is 0. The maximum absolute atomic E-state index is 11.1. The summed E-state index contributed by atoms with van der Waals surface area (Å²) < 4.78 is 5.14. The molecule has 0 saturated carbocycles. The zero-order valence-electron chi connectivity index (χ0n) is 12.1. The Labute approximate surface area is 132 Å². The molecule has 2 aliphatic heterocycles. The first-order chi connectivity index (χ1) is 10.7. The molecule has 2 aliphatic rings. The number of rotatable bonds is 3. The predicted octanol–water partition coefficient (Wildman–Crippen LogP) is 1.37. The van der Waals surface area contributed by atoms with Crippen molar-refractivity contribution in [2.24, 2.45) is 4.99 Å². The van der Waals surface area contributed by atoms with Crippen LogP contribution in [-0.4, -0.2) is 48.8 Å². The molecular formula is C15H17N3O3S. The van der Waals surface area contributed by atoms with Crippen LogP contribution in [-0.2, 0) is 4.79 Å². The molecule has 0 fully saturated rings. The van der Waals surface area contributed by atoms with Gasteiger partial charge in [0.15, 0.2) is 0 Å². The van der Waals surface area contributed by atoms with Gasteiger partial charge in [-0.2, -0.15) is 0 Å². The van der Waals surface area contributed by atoms with Crippen LogP contribution in [0.4, 0.5) is 5.69 Å². The molecule has 3 rings (SSSR count). The van der Waals surface area contributed by atoms with Crippen LogP contribution in [0.3, 0.4) is 0 Å². The van der Waals surface area contributed by atoms with Gasteiger partial charge >= 0.3 is 5.97 Å². The first-order valence-electron chi connectivity index (χ1n) is 6.95. The van der Waals surface area contributed by atoms with Crippen molar-refractivity contribution in [2.45, 2.75) is 6.04 Å². The Morgan fingerprint density at radius 3 is 2.82 bits per heavy atom. The number of nitrogens with zero attached hydrogens (tertiary/aromatic N) is 1. The Bertz CT molecular complexity index is 640. The zero-order chi connectivity index (χ0) is 15.5. The van der Waals surface area contributed by atoms with Crippen molar-refractivity contribution >= 4 is 29.1 Å². The van der Waals surface area contributed by atoms with Crippen molar-refractivity contribution in [3.8, 4) is 5.75 Å². The summed E-state index contributed by atoms with van der Waals surface area (Å²) in [5.41, 5.74) is 2.71. The lowest BCUT2D eigenvalue weighted by Crippen LogP contribution is -2.47. The molecular weight excluding hydrogens is 302 g/mol. The highest BCUT2D eigenvalue weighted by Gasteiger charge is 2.29. The van der Waals surface area contributed by atoms with Crippen LogP contribution < -0.4 is 15.4 Å². The Morgan fingerprint density at radius 1 is 1.36 bits per heavy atom. The molecule has 0 saturated heterocycles. The van der Waals surface area contributed by atoms with Crippen molar-refractivity contribution in [2.75, 3.05) is 26.0 Å². The fraction of sp³-hybridized carbons (Fsp3) is 0.333. The molecule has 0 radical (unpaired) electrons. The molecule has 0 aliphatic carbocycles. The van der Waals surface area contributed by atoms with Gasteiger partial charge in [0.25, 0.3) is 0 Å². The number of benzene rings is 1. The van der Waals surface area contributed by atoms with Crippen LogP contribution in [0.2, 0.25) is 0 Å². The molecule has 3 N–H and O–H groups in total. The van der Waals surface area contributed by atoms with Crippen LogP contribution in [0, 0.1) is 0 Å². The zero-order valence-corrected chi connectivity index (χ0v) is 12.9. The van der Waals surface area contributed by atoms with Gasteiger partial charge < -0.3 is 20.5 Å². The molecule has 7 heteroatoms. The fourth-order valence-electron chi connectivity index (χ4n) is 2.38. The minimum atomic E-state index is -0.821. The Hall–Kier alpha value is -1.99. The van der Waals surface area contributed by atoms with Crippen molar-refractivity contribution in [3.63, 3.8) is 0 Å². The van der Waals surface area contributed by atoms with E-state index >= 15 is 0 Å². The van der Waals surface area contributed by atoms with E-state index in [4.69, 9.17) is 9.84 Å². The Morgan fingerprint density at radius 2 is 2.14 bits per heavy atom. The highest BCUT2D eigenvalue weighted by Crippen LogP contribution is 2.29. The van der Waals surface area contributed by atoms with Crippen LogP contribution in [0.15, 0.2) is 39.9 Å². The van der Waals surface area contributed by atoms with E-state index in [1.54, 1.807) is 18.9 Å². The number of aliphatic carboxylic acids is 1. The summed E-state index contributed by atoms with van der Waals surface area (Å²) in [5, 5.41) is 15.5. The van der Waals surface area contributed by atoms with Crippen molar-refractivity contribution in [1.29, 1.82) is 0 Å². The van der Waals surface area contributed by atoms with E-state index in [1.807, 2.05) is 24.3 Å². The van der Waals surface area contributed by atoms with Crippen molar-refractivity contribution < 1.29 is 14.6 Å². The average Bonchev–Trinajstić information content (AvgIpc) is 2.55. The summed E-state index contributed by atoms with van der Waals surface area (Å²) in [4.78, 5) is 16.8. The van der Waals surface area contributed by atoms with E-state index < -0.39 is 12.0 Å². The van der Waals surface area contributed by atoms with E-state index in [1.165, 1.54) is 0 Å². The number of methoxy groups -OCH3 is 1. The molecule has 116 valence electrons. The first kappa shape index (κ1) is 14.9. The molecule has 6 nitrogen and oxygen atoms in total. The van der Waals surface area contributed by atoms with Gasteiger partial charge in [-0.1, -0.05) is 0 Å². The number of aliphatic imine (C=N–C) groups is 1. The second kappa shape index (κ2) is 6.41. The van der Waals surface area contributed by atoms with Gasteiger partial charge in [-0.05, 0) is 24.3 Å². The number of ether oxygens (including phenoxy) is 1. The van der Waals surface area contributed by atoms with E-state index in [9.17, 15) is 4.79 Å². The minimum absolute atomic E-state index is 0.510. The standard InChI is InChI=1S/C15H17N3O3S/c1-21-10-4-2-9(3-5-10)17-11-6-16-7-12-14(11)22-8-13(18-12)15(19)20/h2-5,13,16,18H,6-8H2,1H3,(H,19,20)/b17-11+. The highest BCUT2D eigenvalue weighted by molar-refractivity contribution is 8.04. The van der Waals surface area contributed by atoms with Gasteiger partial charge in [-0.3, -0.25) is 4.99 Å². The topological polar surface area (TPSA) is 83.0 Å². The summed E-state index contributed by atoms with van der Waals surface area (Å²) in [6.45, 7) is 1.32. The molecule has 0 amide bonds. The number of hydrogen-bond donors (Lipinski definition) is 3. The van der Waals surface area contributed by atoms with E-state index in [2.05, 4.69) is 15.6 Å². The molecule has 1 atom stereocenters. The molecule has 0 spiro atoms. The third kappa shape index (κ3) is 3.10. The average molecular weight is 319 g/mol. The van der Waals surface area contributed by atoms with Crippen molar-refractivity contribution in [1.82, 2.24) is 10.6 Å². The van der Waals surface area contributed by atoms with Gasteiger partial charge in [0.2, 0.25) is 0 Å². The van der Waals surface area contributed by atoms with E-state index in [0.29, 0.717) is 18.8 Å². The third-order valence-corrected chi connectivity index (χ3v) is 4.78. The van der Waals surface area contributed by atoms with Crippen LogP contribution >= 0.6 is 11.8 Å². The number of thioether (sulfide) groups is 1. The number of carboxylic acid groups (broad SMARTS) is 1. The van der Waals surface area contributed by atoms with E-state index in [0.717, 1.165) is 27.8 Å². The summed E-state index contributed by atoms with van der Waals surface area (Å²) in [5.74, 6) is 0.484. The lowest BCUT2D eigenvalue weighted by molar-refractivity contribution is -0.138. The lowest BCUT2D eigenvalue weighted by Gasteiger charge is -2.30. The largest absolute Gasteiger partial charge is 0.497 e. The summed E-state index contributed by atoms with van der Waals surface area (Å²) >= 11 is 1.56. The summed E-state index contributed by atoms with van der Waals surface area (Å²) in [7, 11) is 1.63. The Balaban J connectivity index is 1.85. The molecule has 1 aromatic carbocycles. The van der Waals surface area contributed by atoms with Gasteiger partial charge in [0.1, 0.15) is 11.8 Å². The quantitative estimate of drug-likeness (QED) is 0.780. The fourth-order valence-corrected chi connectivity index (χ4v) is 3.53. The predicted molar refractivity (Wildman–Crippen MR) is 87.0 cm³/mol. The second-order valence-corrected chi connectivity index (χ2v) is 6.04. The molecule has 1 unspecified atom stereocenters. The van der Waals surface area contributed by atoms with Crippen LogP contribution in [0.5, 0.6) is 5.75 Å². The molecule has 22 heavy (non-hydrogen) atoms. The van der Waals surface area contributed by atoms with Gasteiger partial charge in [0.05, 0.1) is 23.4 Å². The number of carboxylic acids is 1. The molecule has 0 bridgehead atoms. The SMILES string of the molecule is COc1ccc(/N=C2\CNCC3=C2SCC(C(=O)O)N3)cc1. The van der Waals surface area contributed by atoms with Crippen LogP contribution in [0.25, 0.3) is 0 Å². The first-order valence-corrected chi connectivity index (χ1v) is 7.94. The monoisotopic (exact) mass is 319 g/mol. The van der Waals surface area contributed by atoms with Gasteiger partial charge in [0, 0.05) is 24.5 Å². The maximum Gasteiger partial charge on any atom is 0.326 e. The molecule has 1 aromatic rings. The lowest BCUT2D eigenvalue weighted by atomic mass is 10.1. The minimum Gasteiger partial charge on any atom is -0.497 e. The number of carbonyl (C=O) groups is 1. The van der Waals surface area contributed by atoms with Gasteiger partial charge in [-0.15, -0.1) is 11.8 Å². The third-order valence-electron chi connectivity index (χ3n) is 3.51. The van der Waals surface area contributed by atoms with Crippen LogP contribution in [0.1, 0.15) is 0 Å². The van der Waals surface area contributed by atoms with Crippen molar-refractivity contribution in [3.05, 3.63) is 34.9 Å². The molecule has 2 heterocycles. The second-order valence-electron chi connectivity index (χ2n) is 5.01. The van der Waals surface area contributed by atoms with Gasteiger partial charge in [-0.25, -0.2) is 4.79 Å². The highest BCUT2D eigenvalue weighted by atomic mass is 32.2. The maximum atomic E-state index is 11.1. The smallest absolute Gasteiger partial charge is 0.326 e. The number of nitrogens with one attached hydrogen (secondary N) is 2. The Kier molecular flexibility index (Phi) is 4.35. The number of hydrogen-bond acceptors (Lipinski definition) is 6. The van der Waals surface area contributed by atoms with E-state index in [-0.39, 0.29) is 0 Å².